The molecule has 0 aromatic heterocycles. The van der Waals surface area contributed by atoms with E-state index in [1.165, 1.54) is 11.1 Å². The summed E-state index contributed by atoms with van der Waals surface area (Å²) in [6.45, 7) is 10.00. The van der Waals surface area contributed by atoms with Crippen LogP contribution in [0.25, 0.3) is 0 Å². The summed E-state index contributed by atoms with van der Waals surface area (Å²) >= 11 is 0. The first-order valence-corrected chi connectivity index (χ1v) is 6.65. The SMILES string of the molecule is CC(C)c1ccc(CCNCC(C)(C)C#N)cc1. The molecule has 0 amide bonds. The molecule has 0 unspecified atom stereocenters. The highest BCUT2D eigenvalue weighted by Crippen LogP contribution is 2.15. The smallest absolute Gasteiger partial charge is 0.0697 e. The van der Waals surface area contributed by atoms with Gasteiger partial charge in [0.25, 0.3) is 0 Å². The van der Waals surface area contributed by atoms with Crippen LogP contribution in [0.15, 0.2) is 24.3 Å². The molecule has 0 radical (unpaired) electrons. The number of hydrogen-bond donors (Lipinski definition) is 1. The summed E-state index contributed by atoms with van der Waals surface area (Å²) < 4.78 is 0. The molecule has 0 heterocycles. The molecule has 0 atom stereocenters. The van der Waals surface area contributed by atoms with Crippen molar-refractivity contribution in [2.45, 2.75) is 40.0 Å². The van der Waals surface area contributed by atoms with Gasteiger partial charge in [-0.15, -0.1) is 0 Å². The van der Waals surface area contributed by atoms with Crippen LogP contribution in [0.3, 0.4) is 0 Å². The van der Waals surface area contributed by atoms with Crippen molar-refractivity contribution in [3.63, 3.8) is 0 Å². The van der Waals surface area contributed by atoms with Crippen molar-refractivity contribution in [1.29, 1.82) is 5.26 Å². The zero-order valence-corrected chi connectivity index (χ0v) is 12.0. The molecular formula is C16H24N2. The van der Waals surface area contributed by atoms with Crippen LogP contribution in [0.4, 0.5) is 0 Å². The molecule has 98 valence electrons. The number of nitrogens with one attached hydrogen (secondary N) is 1. The van der Waals surface area contributed by atoms with Crippen molar-refractivity contribution >= 4 is 0 Å². The summed E-state index contributed by atoms with van der Waals surface area (Å²) in [5.41, 5.74) is 2.46. The molecule has 2 heteroatoms. The first kappa shape index (κ1) is 14.7. The second-order valence-electron chi connectivity index (χ2n) is 5.82. The fourth-order valence-electron chi connectivity index (χ4n) is 1.74. The Labute approximate surface area is 111 Å². The third-order valence-corrected chi connectivity index (χ3v) is 3.11. The normalized spacial score (nSPS) is 11.6. The summed E-state index contributed by atoms with van der Waals surface area (Å²) in [6, 6.07) is 11.1. The van der Waals surface area contributed by atoms with Crippen LogP contribution in [0.2, 0.25) is 0 Å². The van der Waals surface area contributed by atoms with Crippen molar-refractivity contribution in [2.75, 3.05) is 13.1 Å². The Kier molecular flexibility index (Phi) is 5.37. The summed E-state index contributed by atoms with van der Waals surface area (Å²) in [4.78, 5) is 0. The fraction of sp³-hybridized carbons (Fsp3) is 0.562. The molecule has 0 spiro atoms. The Balaban J connectivity index is 2.34. The molecule has 2 nitrogen and oxygen atoms in total. The van der Waals surface area contributed by atoms with Gasteiger partial charge in [0.1, 0.15) is 0 Å². The van der Waals surface area contributed by atoms with E-state index in [9.17, 15) is 0 Å². The monoisotopic (exact) mass is 244 g/mol. The molecule has 1 aromatic rings. The van der Waals surface area contributed by atoms with Gasteiger partial charge in [0.05, 0.1) is 11.5 Å². The van der Waals surface area contributed by atoms with E-state index in [-0.39, 0.29) is 5.41 Å². The molecule has 0 saturated carbocycles. The minimum atomic E-state index is -0.276. The van der Waals surface area contributed by atoms with E-state index in [1.54, 1.807) is 0 Å². The first-order valence-electron chi connectivity index (χ1n) is 6.65. The Hall–Kier alpha value is -1.33. The third-order valence-electron chi connectivity index (χ3n) is 3.11. The summed E-state index contributed by atoms with van der Waals surface area (Å²) in [5, 5.41) is 12.2. The van der Waals surface area contributed by atoms with Crippen LogP contribution in [-0.2, 0) is 6.42 Å². The van der Waals surface area contributed by atoms with Crippen molar-refractivity contribution < 1.29 is 0 Å². The van der Waals surface area contributed by atoms with E-state index in [0.717, 1.165) is 19.5 Å². The molecule has 1 aromatic carbocycles. The number of benzene rings is 1. The fourth-order valence-corrected chi connectivity index (χ4v) is 1.74. The molecule has 0 saturated heterocycles. The molecule has 1 N–H and O–H groups in total. The van der Waals surface area contributed by atoms with Crippen molar-refractivity contribution in [2.24, 2.45) is 5.41 Å². The molecule has 18 heavy (non-hydrogen) atoms. The van der Waals surface area contributed by atoms with Crippen LogP contribution < -0.4 is 5.32 Å². The zero-order valence-electron chi connectivity index (χ0n) is 12.0. The van der Waals surface area contributed by atoms with Crippen LogP contribution in [-0.4, -0.2) is 13.1 Å². The highest BCUT2D eigenvalue weighted by Gasteiger charge is 2.15. The lowest BCUT2D eigenvalue weighted by Crippen LogP contribution is -2.29. The minimum absolute atomic E-state index is 0.276. The molecule has 0 aliphatic carbocycles. The van der Waals surface area contributed by atoms with E-state index >= 15 is 0 Å². The van der Waals surface area contributed by atoms with Crippen LogP contribution in [0.1, 0.15) is 44.7 Å². The highest BCUT2D eigenvalue weighted by molar-refractivity contribution is 5.24. The molecular weight excluding hydrogens is 220 g/mol. The van der Waals surface area contributed by atoms with E-state index in [1.807, 2.05) is 13.8 Å². The standard InChI is InChI=1S/C16H24N2/c1-13(2)15-7-5-14(6-8-15)9-10-18-12-16(3,4)11-17/h5-8,13,18H,9-10,12H2,1-4H3. The lowest BCUT2D eigenvalue weighted by molar-refractivity contribution is 0.447. The van der Waals surface area contributed by atoms with E-state index in [2.05, 4.69) is 49.5 Å². The topological polar surface area (TPSA) is 35.8 Å². The summed E-state index contributed by atoms with van der Waals surface area (Å²) in [5.74, 6) is 0.591. The van der Waals surface area contributed by atoms with Crippen LogP contribution in [0, 0.1) is 16.7 Å². The van der Waals surface area contributed by atoms with Gasteiger partial charge in [0, 0.05) is 6.54 Å². The second kappa shape index (κ2) is 6.56. The predicted octanol–water partition coefficient (Wildman–Crippen LogP) is 3.49. The van der Waals surface area contributed by atoms with Crippen LogP contribution >= 0.6 is 0 Å². The van der Waals surface area contributed by atoms with E-state index in [0.29, 0.717) is 5.92 Å². The predicted molar refractivity (Wildman–Crippen MR) is 76.5 cm³/mol. The lowest BCUT2D eigenvalue weighted by Gasteiger charge is -2.15. The number of rotatable bonds is 6. The Morgan fingerprint density at radius 1 is 1.22 bits per heavy atom. The van der Waals surface area contributed by atoms with E-state index in [4.69, 9.17) is 5.26 Å². The maximum Gasteiger partial charge on any atom is 0.0697 e. The maximum atomic E-state index is 8.90. The molecule has 1 rings (SSSR count). The van der Waals surface area contributed by atoms with Gasteiger partial charge in [0.15, 0.2) is 0 Å². The van der Waals surface area contributed by atoms with Gasteiger partial charge in [-0.2, -0.15) is 5.26 Å². The number of hydrogen-bond acceptors (Lipinski definition) is 2. The molecule has 0 aliphatic rings. The Bertz CT molecular complexity index is 396. The Morgan fingerprint density at radius 2 is 1.83 bits per heavy atom. The second-order valence-corrected chi connectivity index (χ2v) is 5.82. The molecule has 0 aliphatic heterocycles. The number of nitriles is 1. The zero-order chi connectivity index (χ0) is 13.6. The largest absolute Gasteiger partial charge is 0.315 e. The van der Waals surface area contributed by atoms with Gasteiger partial charge in [-0.1, -0.05) is 38.1 Å². The van der Waals surface area contributed by atoms with Gasteiger partial charge >= 0.3 is 0 Å². The Morgan fingerprint density at radius 3 is 2.33 bits per heavy atom. The summed E-state index contributed by atoms with van der Waals surface area (Å²) in [7, 11) is 0. The third kappa shape index (κ3) is 4.89. The van der Waals surface area contributed by atoms with Gasteiger partial charge in [-0.05, 0) is 43.9 Å². The van der Waals surface area contributed by atoms with Crippen molar-refractivity contribution in [1.82, 2.24) is 5.32 Å². The van der Waals surface area contributed by atoms with E-state index < -0.39 is 0 Å². The van der Waals surface area contributed by atoms with Crippen LogP contribution in [0.5, 0.6) is 0 Å². The van der Waals surface area contributed by atoms with Crippen molar-refractivity contribution in [3.05, 3.63) is 35.4 Å². The average Bonchev–Trinajstić information content (AvgIpc) is 2.35. The van der Waals surface area contributed by atoms with Crippen molar-refractivity contribution in [3.8, 4) is 6.07 Å². The molecule has 0 fully saturated rings. The van der Waals surface area contributed by atoms with Gasteiger partial charge in [0.2, 0.25) is 0 Å². The quantitative estimate of drug-likeness (QED) is 0.777. The van der Waals surface area contributed by atoms with Gasteiger partial charge in [-0.3, -0.25) is 0 Å². The maximum absolute atomic E-state index is 8.90. The first-order chi connectivity index (χ1) is 8.44. The minimum Gasteiger partial charge on any atom is -0.315 e. The van der Waals surface area contributed by atoms with Gasteiger partial charge in [-0.25, -0.2) is 0 Å². The highest BCUT2D eigenvalue weighted by atomic mass is 14.9. The summed E-state index contributed by atoms with van der Waals surface area (Å²) in [6.07, 6.45) is 1.01. The number of nitrogens with zero attached hydrogens (tertiary/aromatic N) is 1. The molecule has 0 bridgehead atoms. The average molecular weight is 244 g/mol. The van der Waals surface area contributed by atoms with Gasteiger partial charge < -0.3 is 5.32 Å². The lowest BCUT2D eigenvalue weighted by atomic mass is 9.96.